The van der Waals surface area contributed by atoms with E-state index in [4.69, 9.17) is 0 Å². The third-order valence-electron chi connectivity index (χ3n) is 5.08. The number of halogens is 1. The molecule has 0 saturated carbocycles. The molecule has 0 radical (unpaired) electrons. The van der Waals surface area contributed by atoms with Crippen molar-refractivity contribution in [3.8, 4) is 0 Å². The number of aryl methyl sites for hydroxylation is 1. The van der Waals surface area contributed by atoms with E-state index in [-0.39, 0.29) is 11.6 Å². The van der Waals surface area contributed by atoms with Crippen molar-refractivity contribution >= 4 is 32.2 Å². The second-order valence-electron chi connectivity index (χ2n) is 7.24. The highest BCUT2D eigenvalue weighted by molar-refractivity contribution is 7.91. The number of hydrogen-bond acceptors (Lipinski definition) is 3. The summed E-state index contributed by atoms with van der Waals surface area (Å²) in [6.45, 7) is 2.86. The van der Waals surface area contributed by atoms with E-state index in [0.717, 1.165) is 53.4 Å². The van der Waals surface area contributed by atoms with E-state index < -0.39 is 10.0 Å². The monoisotopic (exact) mass is 398 g/mol. The van der Waals surface area contributed by atoms with Crippen LogP contribution in [0.4, 0.5) is 15.8 Å². The van der Waals surface area contributed by atoms with E-state index in [1.807, 2.05) is 25.1 Å². The third kappa shape index (κ3) is 3.83. The van der Waals surface area contributed by atoms with E-state index in [2.05, 4.69) is 10.0 Å². The van der Waals surface area contributed by atoms with Gasteiger partial charge in [0.05, 0.1) is 11.4 Å². The van der Waals surface area contributed by atoms with Crippen LogP contribution in [0.25, 0.3) is 10.8 Å². The number of benzene rings is 3. The fourth-order valence-corrected chi connectivity index (χ4v) is 5.09. The molecule has 0 fully saturated rings. The number of rotatable bonds is 6. The van der Waals surface area contributed by atoms with Gasteiger partial charge in [0.1, 0.15) is 5.82 Å². The molecule has 6 heteroatoms. The summed E-state index contributed by atoms with van der Waals surface area (Å²) in [4.78, 5) is 0. The predicted octanol–water partition coefficient (Wildman–Crippen LogP) is 4.84. The summed E-state index contributed by atoms with van der Waals surface area (Å²) < 4.78 is 42.1. The molecule has 3 aromatic carbocycles. The van der Waals surface area contributed by atoms with E-state index in [0.29, 0.717) is 11.3 Å². The molecule has 1 heterocycles. The zero-order valence-electron chi connectivity index (χ0n) is 15.8. The first-order valence-corrected chi connectivity index (χ1v) is 11.2. The van der Waals surface area contributed by atoms with Gasteiger partial charge in [0, 0.05) is 17.8 Å². The summed E-state index contributed by atoms with van der Waals surface area (Å²) in [5, 5.41) is 4.97. The largest absolute Gasteiger partial charge is 0.384 e. The molecule has 1 aliphatic heterocycles. The molecule has 4 rings (SSSR count). The van der Waals surface area contributed by atoms with E-state index in [9.17, 15) is 12.8 Å². The lowest BCUT2D eigenvalue weighted by Gasteiger charge is -2.13. The summed E-state index contributed by atoms with van der Waals surface area (Å²) in [7, 11) is -3.56. The minimum absolute atomic E-state index is 0.122. The lowest BCUT2D eigenvalue weighted by Crippen LogP contribution is -2.16. The molecule has 1 aliphatic rings. The van der Waals surface area contributed by atoms with Gasteiger partial charge in [-0.3, -0.25) is 4.72 Å². The van der Waals surface area contributed by atoms with Gasteiger partial charge in [-0.2, -0.15) is 0 Å². The van der Waals surface area contributed by atoms with Crippen molar-refractivity contribution in [3.63, 3.8) is 0 Å². The molecule has 2 N–H and O–H groups in total. The summed E-state index contributed by atoms with van der Waals surface area (Å²) in [6.07, 6.45) is 2.46. The summed E-state index contributed by atoms with van der Waals surface area (Å²) in [5.74, 6) is -0.382. The molecule has 0 spiro atoms. The summed E-state index contributed by atoms with van der Waals surface area (Å²) in [5.41, 5.74) is 4.23. The quantitative estimate of drug-likeness (QED) is 0.625. The smallest absolute Gasteiger partial charge is 0.236 e. The summed E-state index contributed by atoms with van der Waals surface area (Å²) in [6, 6.07) is 14.1. The van der Waals surface area contributed by atoms with Crippen LogP contribution >= 0.6 is 0 Å². The van der Waals surface area contributed by atoms with E-state index >= 15 is 0 Å². The highest BCUT2D eigenvalue weighted by atomic mass is 32.2. The fourth-order valence-electron chi connectivity index (χ4n) is 3.87. The molecule has 0 amide bonds. The molecule has 0 bridgehead atoms. The van der Waals surface area contributed by atoms with Gasteiger partial charge >= 0.3 is 0 Å². The molecular formula is C22H23FN2O2S. The molecule has 0 aromatic heterocycles. The Labute approximate surface area is 164 Å². The highest BCUT2D eigenvalue weighted by Crippen LogP contribution is 2.30. The number of sulfonamides is 1. The van der Waals surface area contributed by atoms with Crippen molar-refractivity contribution in [1.82, 2.24) is 0 Å². The molecule has 0 aliphatic carbocycles. The maximum Gasteiger partial charge on any atom is 0.236 e. The van der Waals surface area contributed by atoms with Gasteiger partial charge in [-0.05, 0) is 65.1 Å². The van der Waals surface area contributed by atoms with Gasteiger partial charge < -0.3 is 5.32 Å². The zero-order valence-corrected chi connectivity index (χ0v) is 16.6. The molecular weight excluding hydrogens is 375 g/mol. The third-order valence-corrected chi connectivity index (χ3v) is 6.32. The van der Waals surface area contributed by atoms with Crippen LogP contribution < -0.4 is 10.0 Å². The van der Waals surface area contributed by atoms with Crippen molar-refractivity contribution in [2.24, 2.45) is 0 Å². The Balaban J connectivity index is 1.63. The molecule has 146 valence electrons. The van der Waals surface area contributed by atoms with Crippen LogP contribution in [-0.2, 0) is 28.6 Å². The van der Waals surface area contributed by atoms with Gasteiger partial charge in [-0.25, -0.2) is 12.8 Å². The van der Waals surface area contributed by atoms with Crippen LogP contribution in [0.3, 0.4) is 0 Å². The van der Waals surface area contributed by atoms with Crippen LogP contribution in [-0.4, -0.2) is 15.0 Å². The standard InChI is InChI=1S/C22H23FN2O2S/c1-2-4-16-12-18(23)13-17-8-7-15(11-20(16)17)14-28(26,27)25-22-6-3-5-21-19(22)9-10-24-21/h3,5-8,11-13,24-25H,2,4,9-10,14H2,1H3. The lowest BCUT2D eigenvalue weighted by molar-refractivity contribution is 0.600. The first-order chi connectivity index (χ1) is 13.4. The van der Waals surface area contributed by atoms with Gasteiger partial charge in [0.15, 0.2) is 0 Å². The van der Waals surface area contributed by atoms with Gasteiger partial charge in [0.25, 0.3) is 0 Å². The summed E-state index contributed by atoms with van der Waals surface area (Å²) >= 11 is 0. The second kappa shape index (κ2) is 7.43. The van der Waals surface area contributed by atoms with Gasteiger partial charge in [-0.15, -0.1) is 0 Å². The van der Waals surface area contributed by atoms with Crippen molar-refractivity contribution < 1.29 is 12.8 Å². The minimum atomic E-state index is -3.56. The Morgan fingerprint density at radius 3 is 2.82 bits per heavy atom. The minimum Gasteiger partial charge on any atom is -0.384 e. The van der Waals surface area contributed by atoms with Crippen molar-refractivity contribution in [1.29, 1.82) is 0 Å². The number of hydrogen-bond donors (Lipinski definition) is 2. The fraction of sp³-hybridized carbons (Fsp3) is 0.273. The predicted molar refractivity (Wildman–Crippen MR) is 113 cm³/mol. The topological polar surface area (TPSA) is 58.2 Å². The normalized spacial score (nSPS) is 13.4. The van der Waals surface area contributed by atoms with Crippen LogP contribution in [0.1, 0.15) is 30.0 Å². The van der Waals surface area contributed by atoms with Crippen LogP contribution in [0.15, 0.2) is 48.5 Å². The number of anilines is 2. The molecule has 4 nitrogen and oxygen atoms in total. The first kappa shape index (κ1) is 18.7. The SMILES string of the molecule is CCCc1cc(F)cc2ccc(CS(=O)(=O)Nc3cccc4c3CCN4)cc12. The second-order valence-corrected chi connectivity index (χ2v) is 8.96. The van der Waals surface area contributed by atoms with Crippen LogP contribution in [0, 0.1) is 5.82 Å². The Morgan fingerprint density at radius 2 is 2.00 bits per heavy atom. The van der Waals surface area contributed by atoms with Crippen molar-refractivity contribution in [2.45, 2.75) is 31.9 Å². The van der Waals surface area contributed by atoms with Crippen LogP contribution in [0.2, 0.25) is 0 Å². The lowest BCUT2D eigenvalue weighted by atomic mass is 9.99. The Hall–Kier alpha value is -2.60. The molecule has 3 aromatic rings. The average Bonchev–Trinajstić information content (AvgIpc) is 3.12. The first-order valence-electron chi connectivity index (χ1n) is 9.52. The van der Waals surface area contributed by atoms with Crippen molar-refractivity contribution in [3.05, 3.63) is 71.0 Å². The maximum absolute atomic E-state index is 13.8. The molecule has 0 atom stereocenters. The van der Waals surface area contributed by atoms with Gasteiger partial charge in [0.2, 0.25) is 10.0 Å². The van der Waals surface area contributed by atoms with Crippen molar-refractivity contribution in [2.75, 3.05) is 16.6 Å². The zero-order chi connectivity index (χ0) is 19.7. The Bertz CT molecular complexity index is 1140. The van der Waals surface area contributed by atoms with E-state index in [1.165, 1.54) is 6.07 Å². The Morgan fingerprint density at radius 1 is 1.14 bits per heavy atom. The van der Waals surface area contributed by atoms with Gasteiger partial charge in [-0.1, -0.05) is 31.5 Å². The number of fused-ring (bicyclic) bond motifs is 2. The van der Waals surface area contributed by atoms with Crippen LogP contribution in [0.5, 0.6) is 0 Å². The highest BCUT2D eigenvalue weighted by Gasteiger charge is 2.19. The number of nitrogens with one attached hydrogen (secondary N) is 2. The molecule has 0 saturated heterocycles. The molecule has 28 heavy (non-hydrogen) atoms. The Kier molecular flexibility index (Phi) is 4.98. The molecule has 0 unspecified atom stereocenters. The maximum atomic E-state index is 13.8. The average molecular weight is 399 g/mol. The van der Waals surface area contributed by atoms with E-state index in [1.54, 1.807) is 24.3 Å².